The van der Waals surface area contributed by atoms with Gasteiger partial charge in [0.2, 0.25) is 41.4 Å². The van der Waals surface area contributed by atoms with Crippen molar-refractivity contribution in [2.24, 2.45) is 28.1 Å². The van der Waals surface area contributed by atoms with Crippen molar-refractivity contribution in [3.8, 4) is 5.75 Å². The number of benzene rings is 2. The van der Waals surface area contributed by atoms with Crippen LogP contribution < -0.4 is 58.9 Å². The number of aliphatic imine (C=N–C) groups is 1. The van der Waals surface area contributed by atoms with E-state index in [1.54, 1.807) is 44.2 Å². The Balaban J connectivity index is 2.25. The fourth-order valence-corrected chi connectivity index (χ4v) is 6.93. The molecule has 392 valence electrons. The minimum absolute atomic E-state index is 0.00113. The number of nitrogens with zero attached hydrogens (tertiary/aromatic N) is 1. The van der Waals surface area contributed by atoms with Crippen LogP contribution in [0.5, 0.6) is 5.75 Å². The number of rotatable bonds is 31. The highest BCUT2D eigenvalue weighted by Gasteiger charge is 2.34. The van der Waals surface area contributed by atoms with Crippen LogP contribution in [0.1, 0.15) is 50.7 Å². The summed E-state index contributed by atoms with van der Waals surface area (Å²) < 4.78 is 16.6. The molecule has 0 saturated carbocycles. The van der Waals surface area contributed by atoms with Gasteiger partial charge in [-0.2, -0.15) is 0 Å². The van der Waals surface area contributed by atoms with Gasteiger partial charge < -0.3 is 84.3 Å². The summed E-state index contributed by atoms with van der Waals surface area (Å²) in [5, 5.41) is 55.1. The maximum atomic E-state index is 13.7. The lowest BCUT2D eigenvalue weighted by Gasteiger charge is -2.27. The van der Waals surface area contributed by atoms with E-state index in [4.69, 9.17) is 21.7 Å². The molecule has 28 heteroatoms. The number of amides is 7. The minimum atomic E-state index is -3.93. The van der Waals surface area contributed by atoms with Gasteiger partial charge >= 0.3 is 19.5 Å². The first-order valence-corrected chi connectivity index (χ1v) is 24.0. The van der Waals surface area contributed by atoms with E-state index in [0.717, 1.165) is 6.66 Å². The third-order valence-corrected chi connectivity index (χ3v) is 10.4. The average molecular weight is 1020 g/mol. The second-order valence-corrected chi connectivity index (χ2v) is 18.4. The summed E-state index contributed by atoms with van der Waals surface area (Å²) in [4.78, 5) is 131. The van der Waals surface area contributed by atoms with E-state index in [1.807, 2.05) is 0 Å². The molecule has 7 amide bonds. The number of carboxylic acid groups (broad SMARTS) is 2. The Kier molecular flexibility index (Phi) is 25.1. The molecule has 71 heavy (non-hydrogen) atoms. The van der Waals surface area contributed by atoms with Crippen molar-refractivity contribution >= 4 is 66.8 Å². The van der Waals surface area contributed by atoms with Crippen LogP contribution in [0.3, 0.4) is 0 Å². The van der Waals surface area contributed by atoms with Crippen molar-refractivity contribution in [2.45, 2.75) is 94.7 Å². The number of guanidine groups is 1. The van der Waals surface area contributed by atoms with Crippen LogP contribution in [0, 0.1) is 5.92 Å². The number of carboxylic acids is 2. The zero-order valence-electron chi connectivity index (χ0n) is 39.2. The van der Waals surface area contributed by atoms with E-state index in [2.05, 4.69) is 42.2 Å². The molecule has 0 heterocycles. The quantitative estimate of drug-likeness (QED) is 0.0147. The van der Waals surface area contributed by atoms with Crippen LogP contribution in [0.4, 0.5) is 0 Å². The molecule has 2 aromatic rings. The topological polar surface area (TPSA) is 456 Å². The molecule has 0 aliphatic carbocycles. The van der Waals surface area contributed by atoms with Crippen molar-refractivity contribution in [3.63, 3.8) is 0 Å². The van der Waals surface area contributed by atoms with E-state index in [-0.39, 0.29) is 56.3 Å². The van der Waals surface area contributed by atoms with Crippen LogP contribution in [-0.4, -0.2) is 160 Å². The Morgan fingerprint density at radius 2 is 1.17 bits per heavy atom. The van der Waals surface area contributed by atoms with Crippen molar-refractivity contribution in [2.75, 3.05) is 33.0 Å². The molecule has 0 bridgehead atoms. The highest BCUT2D eigenvalue weighted by atomic mass is 31.2. The van der Waals surface area contributed by atoms with Gasteiger partial charge in [-0.3, -0.25) is 43.3 Å². The summed E-state index contributed by atoms with van der Waals surface area (Å²) in [7, 11) is -3.93. The lowest BCUT2D eigenvalue weighted by Crippen LogP contribution is -2.60. The third kappa shape index (κ3) is 23.3. The number of nitrogens with one attached hydrogen (secondary N) is 7. The Morgan fingerprint density at radius 3 is 1.69 bits per heavy atom. The molecular weight excluding hydrogens is 958 g/mol. The summed E-state index contributed by atoms with van der Waals surface area (Å²) in [5.41, 5.74) is 17.2. The molecule has 1 unspecified atom stereocenters. The summed E-state index contributed by atoms with van der Waals surface area (Å²) in [6, 6.07) is 3.04. The van der Waals surface area contributed by atoms with E-state index in [0.29, 0.717) is 11.1 Å². The van der Waals surface area contributed by atoms with E-state index >= 15 is 0 Å². The van der Waals surface area contributed by atoms with Gasteiger partial charge in [0.05, 0.1) is 26.2 Å². The zero-order valence-corrected chi connectivity index (χ0v) is 40.1. The Labute approximate surface area is 408 Å². The summed E-state index contributed by atoms with van der Waals surface area (Å²) in [6.07, 6.45) is -1.45. The first-order chi connectivity index (χ1) is 33.3. The predicted octanol–water partition coefficient (Wildman–Crippen LogP) is -4.34. The predicted molar refractivity (Wildman–Crippen MR) is 253 cm³/mol. The largest absolute Gasteiger partial charge is 0.481 e. The Bertz CT molecular complexity index is 2230. The molecule has 0 radical (unpaired) electrons. The maximum absolute atomic E-state index is 13.7. The van der Waals surface area contributed by atoms with Gasteiger partial charge in [0.25, 0.3) is 0 Å². The molecule has 27 nitrogen and oxygen atoms in total. The second kappa shape index (κ2) is 29.8. The van der Waals surface area contributed by atoms with Crippen LogP contribution >= 0.6 is 7.60 Å². The highest BCUT2D eigenvalue weighted by molar-refractivity contribution is 7.52. The standard InChI is InChI=1S/C43H64N11O16P/c1-23(2)16-29(52-40(64)31(51-36(60)27(44)21-55)17-24-8-5-4-6-9-24)38(62)53-32(19-35(58)59)41(65)54-33(22-56)37(61)48-20-34(57)49-30(18-25-11-13-26(14-12-25)70-71(3,68)69)39(63)50-28(42(66)67)10-7-15-47-43(45)46/h4-6,8-9,11-14,23,27-33,55-56H,7,10,15-22,44H2,1-3H3,(H,48,61)(H,49,57)(H,50,63)(H,51,60)(H,52,64)(H,53,62)(H,54,65)(H,58,59)(H,66,67)(H,68,69)(H4,45,46,47)/t27-,28-,29-,30-,31-,32-,33-/m0/s1. The number of hydrogen-bond acceptors (Lipinski definition) is 15. The molecular formula is C43H64N11O16P. The van der Waals surface area contributed by atoms with Gasteiger partial charge in [-0.15, -0.1) is 0 Å². The van der Waals surface area contributed by atoms with Crippen LogP contribution in [-0.2, 0) is 60.6 Å². The summed E-state index contributed by atoms with van der Waals surface area (Å²) >= 11 is 0. The van der Waals surface area contributed by atoms with Gasteiger partial charge in [-0.1, -0.05) is 56.3 Å². The van der Waals surface area contributed by atoms with Crippen molar-refractivity contribution in [3.05, 3.63) is 65.7 Å². The molecule has 18 N–H and O–H groups in total. The number of hydrogen-bond donors (Lipinski definition) is 15. The SMILES string of the molecule is CC(C)C[C@H](NC(=O)[C@H](Cc1ccccc1)NC(=O)[C@@H](N)CO)C(=O)N[C@@H](CC(=O)O)C(=O)N[C@@H](CO)C(=O)NCC(=O)N[C@@H](Cc1ccc(OP(C)(=O)O)cc1)C(=O)N[C@@H](CCCN=C(N)N)C(=O)O. The van der Waals surface area contributed by atoms with Crippen LogP contribution in [0.2, 0.25) is 0 Å². The lowest BCUT2D eigenvalue weighted by atomic mass is 10.00. The van der Waals surface area contributed by atoms with E-state index < -0.39 is 129 Å². The molecule has 0 aromatic heterocycles. The van der Waals surface area contributed by atoms with Gasteiger partial charge in [0.15, 0.2) is 5.96 Å². The normalized spacial score (nSPS) is 14.8. The van der Waals surface area contributed by atoms with Crippen LogP contribution in [0.25, 0.3) is 0 Å². The van der Waals surface area contributed by atoms with Gasteiger partial charge in [0, 0.05) is 26.1 Å². The Morgan fingerprint density at radius 1 is 0.662 bits per heavy atom. The van der Waals surface area contributed by atoms with Gasteiger partial charge in [0.1, 0.15) is 48.0 Å². The monoisotopic (exact) mass is 1020 g/mol. The average Bonchev–Trinajstić information content (AvgIpc) is 3.29. The summed E-state index contributed by atoms with van der Waals surface area (Å²) in [5.74, 6) is -10.7. The number of aliphatic carboxylic acids is 2. The molecule has 0 aliphatic heterocycles. The zero-order chi connectivity index (χ0) is 53.4. The van der Waals surface area contributed by atoms with Gasteiger partial charge in [-0.25, -0.2) is 9.36 Å². The second-order valence-electron chi connectivity index (χ2n) is 16.6. The molecule has 0 fully saturated rings. The fraction of sp³-hybridized carbons (Fsp3) is 0.488. The molecule has 8 atom stereocenters. The number of carbonyl (C=O) groups is 9. The molecule has 0 spiro atoms. The number of aliphatic hydroxyl groups is 2. The van der Waals surface area contributed by atoms with Crippen LogP contribution in [0.15, 0.2) is 59.6 Å². The fourth-order valence-electron chi connectivity index (χ4n) is 6.41. The third-order valence-electron chi connectivity index (χ3n) is 9.89. The Hall–Kier alpha value is -7.19. The van der Waals surface area contributed by atoms with Crippen molar-refractivity contribution in [1.82, 2.24) is 37.2 Å². The maximum Gasteiger partial charge on any atom is 0.373 e. The molecule has 0 aliphatic rings. The molecule has 2 aromatic carbocycles. The van der Waals surface area contributed by atoms with E-state index in [1.165, 1.54) is 24.3 Å². The van der Waals surface area contributed by atoms with Crippen molar-refractivity contribution < 1.29 is 77.6 Å². The van der Waals surface area contributed by atoms with Crippen molar-refractivity contribution in [1.29, 1.82) is 0 Å². The number of carbonyl (C=O) groups excluding carboxylic acids is 7. The number of nitrogens with two attached hydrogens (primary N) is 3. The smallest absolute Gasteiger partial charge is 0.373 e. The molecule has 0 saturated heterocycles. The number of aliphatic hydroxyl groups excluding tert-OH is 2. The minimum Gasteiger partial charge on any atom is -0.481 e. The highest BCUT2D eigenvalue weighted by Crippen LogP contribution is 2.38. The first kappa shape index (κ1) is 59.9. The molecule has 2 rings (SSSR count). The van der Waals surface area contributed by atoms with E-state index in [9.17, 15) is 73.0 Å². The van der Waals surface area contributed by atoms with Gasteiger partial charge in [-0.05, 0) is 48.4 Å². The first-order valence-electron chi connectivity index (χ1n) is 22.0. The summed E-state index contributed by atoms with van der Waals surface area (Å²) in [6.45, 7) is 1.67. The lowest BCUT2D eigenvalue weighted by molar-refractivity contribution is -0.142.